The SMILES string of the molecule is COc1ccccc1C(CN)N1CCCC1C. The van der Waals surface area contributed by atoms with E-state index in [1.54, 1.807) is 7.11 Å². The number of nitrogens with two attached hydrogens (primary N) is 1. The Morgan fingerprint density at radius 2 is 2.24 bits per heavy atom. The lowest BCUT2D eigenvalue weighted by atomic mass is 10.0. The predicted octanol–water partition coefficient (Wildman–Crippen LogP) is 2.18. The number of rotatable bonds is 4. The predicted molar refractivity (Wildman–Crippen MR) is 70.2 cm³/mol. The van der Waals surface area contributed by atoms with Crippen molar-refractivity contribution in [2.75, 3.05) is 20.2 Å². The largest absolute Gasteiger partial charge is 0.496 e. The van der Waals surface area contributed by atoms with Crippen LogP contribution in [-0.2, 0) is 0 Å². The van der Waals surface area contributed by atoms with Gasteiger partial charge < -0.3 is 10.5 Å². The van der Waals surface area contributed by atoms with Crippen molar-refractivity contribution >= 4 is 0 Å². The molecule has 2 atom stereocenters. The summed E-state index contributed by atoms with van der Waals surface area (Å²) in [5, 5.41) is 0. The molecule has 0 spiro atoms. The second-order valence-corrected chi connectivity index (χ2v) is 4.72. The summed E-state index contributed by atoms with van der Waals surface area (Å²) in [6.45, 7) is 4.07. The first-order valence-corrected chi connectivity index (χ1v) is 6.36. The molecule has 2 rings (SSSR count). The van der Waals surface area contributed by atoms with Crippen molar-refractivity contribution in [3.8, 4) is 5.75 Å². The van der Waals surface area contributed by atoms with E-state index in [0.717, 1.165) is 12.3 Å². The van der Waals surface area contributed by atoms with Crippen molar-refractivity contribution in [1.82, 2.24) is 4.90 Å². The van der Waals surface area contributed by atoms with Gasteiger partial charge in [0.05, 0.1) is 13.2 Å². The minimum atomic E-state index is 0.281. The van der Waals surface area contributed by atoms with E-state index in [2.05, 4.69) is 24.0 Å². The second-order valence-electron chi connectivity index (χ2n) is 4.72. The van der Waals surface area contributed by atoms with Crippen molar-refractivity contribution in [2.24, 2.45) is 5.73 Å². The van der Waals surface area contributed by atoms with E-state index in [0.29, 0.717) is 12.6 Å². The fraction of sp³-hybridized carbons (Fsp3) is 0.571. The highest BCUT2D eigenvalue weighted by Crippen LogP contribution is 2.33. The molecule has 17 heavy (non-hydrogen) atoms. The minimum Gasteiger partial charge on any atom is -0.496 e. The highest BCUT2D eigenvalue weighted by molar-refractivity contribution is 5.36. The first-order valence-electron chi connectivity index (χ1n) is 6.36. The number of hydrogen-bond acceptors (Lipinski definition) is 3. The Bertz CT molecular complexity index is 367. The average Bonchev–Trinajstić information content (AvgIpc) is 2.78. The molecule has 0 aliphatic carbocycles. The molecule has 1 aromatic carbocycles. The Balaban J connectivity index is 2.28. The van der Waals surface area contributed by atoms with Gasteiger partial charge in [-0.3, -0.25) is 4.90 Å². The van der Waals surface area contributed by atoms with Crippen molar-refractivity contribution in [2.45, 2.75) is 31.8 Å². The van der Waals surface area contributed by atoms with Crippen molar-refractivity contribution in [3.63, 3.8) is 0 Å². The average molecular weight is 234 g/mol. The van der Waals surface area contributed by atoms with Crippen molar-refractivity contribution in [3.05, 3.63) is 29.8 Å². The number of para-hydroxylation sites is 1. The van der Waals surface area contributed by atoms with Crippen LogP contribution in [0.5, 0.6) is 5.75 Å². The Hall–Kier alpha value is -1.06. The standard InChI is InChI=1S/C14H22N2O/c1-11-6-5-9-16(11)13(10-15)12-7-3-4-8-14(12)17-2/h3-4,7-8,11,13H,5-6,9-10,15H2,1-2H3. The summed E-state index contributed by atoms with van der Waals surface area (Å²) in [4.78, 5) is 2.50. The van der Waals surface area contributed by atoms with Gasteiger partial charge in [0, 0.05) is 18.2 Å². The molecule has 1 aliphatic heterocycles. The van der Waals surface area contributed by atoms with E-state index in [-0.39, 0.29) is 6.04 Å². The third-order valence-corrected chi connectivity index (χ3v) is 3.73. The maximum atomic E-state index is 5.97. The van der Waals surface area contributed by atoms with E-state index < -0.39 is 0 Å². The van der Waals surface area contributed by atoms with Gasteiger partial charge in [0.25, 0.3) is 0 Å². The molecule has 0 amide bonds. The van der Waals surface area contributed by atoms with Crippen LogP contribution in [0.1, 0.15) is 31.4 Å². The maximum absolute atomic E-state index is 5.97. The minimum absolute atomic E-state index is 0.281. The number of benzene rings is 1. The van der Waals surface area contributed by atoms with E-state index in [1.807, 2.05) is 12.1 Å². The van der Waals surface area contributed by atoms with Crippen LogP contribution in [-0.4, -0.2) is 31.1 Å². The summed E-state index contributed by atoms with van der Waals surface area (Å²) >= 11 is 0. The van der Waals surface area contributed by atoms with Gasteiger partial charge in [-0.1, -0.05) is 18.2 Å². The molecule has 1 aliphatic rings. The Morgan fingerprint density at radius 3 is 2.82 bits per heavy atom. The quantitative estimate of drug-likeness (QED) is 0.868. The molecule has 0 saturated carbocycles. The summed E-state index contributed by atoms with van der Waals surface area (Å²) in [6, 6.07) is 9.10. The topological polar surface area (TPSA) is 38.5 Å². The first kappa shape index (κ1) is 12.4. The van der Waals surface area contributed by atoms with Gasteiger partial charge in [-0.25, -0.2) is 0 Å². The van der Waals surface area contributed by atoms with E-state index in [9.17, 15) is 0 Å². The number of nitrogens with zero attached hydrogens (tertiary/aromatic N) is 1. The highest BCUT2D eigenvalue weighted by Gasteiger charge is 2.29. The van der Waals surface area contributed by atoms with Crippen molar-refractivity contribution < 1.29 is 4.74 Å². The molecule has 1 heterocycles. The van der Waals surface area contributed by atoms with Crippen LogP contribution < -0.4 is 10.5 Å². The third kappa shape index (κ3) is 2.45. The lowest BCUT2D eigenvalue weighted by molar-refractivity contribution is 0.192. The van der Waals surface area contributed by atoms with Crippen molar-refractivity contribution in [1.29, 1.82) is 0 Å². The summed E-state index contributed by atoms with van der Waals surface area (Å²) in [5.41, 5.74) is 7.19. The van der Waals surface area contributed by atoms with Crippen LogP contribution in [0.15, 0.2) is 24.3 Å². The fourth-order valence-electron chi connectivity index (χ4n) is 2.80. The first-order chi connectivity index (χ1) is 8.27. The molecule has 1 aromatic rings. The summed E-state index contributed by atoms with van der Waals surface area (Å²) in [5.74, 6) is 0.946. The van der Waals surface area contributed by atoms with Gasteiger partial charge in [0.2, 0.25) is 0 Å². The Labute approximate surface area is 104 Å². The molecule has 1 fully saturated rings. The lowest BCUT2D eigenvalue weighted by Crippen LogP contribution is -2.36. The zero-order valence-electron chi connectivity index (χ0n) is 10.7. The van der Waals surface area contributed by atoms with Crippen LogP contribution >= 0.6 is 0 Å². The molecular formula is C14H22N2O. The summed E-state index contributed by atoms with van der Waals surface area (Å²) < 4.78 is 5.44. The molecule has 0 bridgehead atoms. The summed E-state index contributed by atoms with van der Waals surface area (Å²) in [6.07, 6.45) is 2.54. The number of methoxy groups -OCH3 is 1. The van der Waals surface area contributed by atoms with Gasteiger partial charge in [0.1, 0.15) is 5.75 Å². The van der Waals surface area contributed by atoms with E-state index in [4.69, 9.17) is 10.5 Å². The van der Waals surface area contributed by atoms with Gasteiger partial charge in [-0.15, -0.1) is 0 Å². The Kier molecular flexibility index (Phi) is 4.02. The lowest BCUT2D eigenvalue weighted by Gasteiger charge is -2.31. The van der Waals surface area contributed by atoms with Gasteiger partial charge >= 0.3 is 0 Å². The maximum Gasteiger partial charge on any atom is 0.123 e. The molecule has 1 saturated heterocycles. The second kappa shape index (κ2) is 5.52. The molecular weight excluding hydrogens is 212 g/mol. The molecule has 0 radical (unpaired) electrons. The van der Waals surface area contributed by atoms with E-state index in [1.165, 1.54) is 18.4 Å². The molecule has 3 heteroatoms. The van der Waals surface area contributed by atoms with Gasteiger partial charge in [-0.2, -0.15) is 0 Å². The molecule has 2 unspecified atom stereocenters. The zero-order chi connectivity index (χ0) is 12.3. The molecule has 3 nitrogen and oxygen atoms in total. The zero-order valence-corrected chi connectivity index (χ0v) is 10.7. The number of likely N-dealkylation sites (tertiary alicyclic amines) is 1. The molecule has 2 N–H and O–H groups in total. The van der Waals surface area contributed by atoms with Crippen LogP contribution in [0.2, 0.25) is 0 Å². The molecule has 0 aromatic heterocycles. The molecule has 94 valence electrons. The smallest absolute Gasteiger partial charge is 0.123 e. The van der Waals surface area contributed by atoms with Gasteiger partial charge in [-0.05, 0) is 32.4 Å². The summed E-state index contributed by atoms with van der Waals surface area (Å²) in [7, 11) is 1.72. The third-order valence-electron chi connectivity index (χ3n) is 3.73. The van der Waals surface area contributed by atoms with Crippen LogP contribution in [0, 0.1) is 0 Å². The van der Waals surface area contributed by atoms with Crippen LogP contribution in [0.25, 0.3) is 0 Å². The number of hydrogen-bond donors (Lipinski definition) is 1. The van der Waals surface area contributed by atoms with Gasteiger partial charge in [0.15, 0.2) is 0 Å². The van der Waals surface area contributed by atoms with Crippen LogP contribution in [0.3, 0.4) is 0 Å². The normalized spacial score (nSPS) is 22.6. The Morgan fingerprint density at radius 1 is 1.47 bits per heavy atom. The monoisotopic (exact) mass is 234 g/mol. The highest BCUT2D eigenvalue weighted by atomic mass is 16.5. The van der Waals surface area contributed by atoms with Crippen LogP contribution in [0.4, 0.5) is 0 Å². The fourth-order valence-corrected chi connectivity index (χ4v) is 2.80. The van der Waals surface area contributed by atoms with E-state index >= 15 is 0 Å². The number of ether oxygens (including phenoxy) is 1.